The summed E-state index contributed by atoms with van der Waals surface area (Å²) in [6.45, 7) is 12.8. The number of hydrogen-bond acceptors (Lipinski definition) is 3. The van der Waals surface area contributed by atoms with Gasteiger partial charge in [0.1, 0.15) is 0 Å². The van der Waals surface area contributed by atoms with Crippen LogP contribution in [0.25, 0.3) is 16.7 Å². The van der Waals surface area contributed by atoms with Crippen molar-refractivity contribution in [2.45, 2.75) is 99.0 Å². The summed E-state index contributed by atoms with van der Waals surface area (Å²) in [5.41, 5.74) is 9.18. The van der Waals surface area contributed by atoms with Crippen LogP contribution in [0.3, 0.4) is 0 Å². The van der Waals surface area contributed by atoms with Crippen molar-refractivity contribution >= 4 is 16.9 Å². The van der Waals surface area contributed by atoms with Crippen LogP contribution in [0.2, 0.25) is 0 Å². The Kier molecular flexibility index (Phi) is 5.96. The van der Waals surface area contributed by atoms with Gasteiger partial charge in [-0.05, 0) is 144 Å². The summed E-state index contributed by atoms with van der Waals surface area (Å²) in [4.78, 5) is 18.2. The SMILES string of the molecule is Cc1ccc(-n2nc(C)c3c(C)c(CCC(=O)N[C@H](C)C45CC6CC(CC(C6)C4)C5)c(C)nc32)cc1C. The summed E-state index contributed by atoms with van der Waals surface area (Å²) in [6.07, 6.45) is 9.51. The van der Waals surface area contributed by atoms with E-state index in [1.54, 1.807) is 0 Å². The first-order valence-electron chi connectivity index (χ1n) is 14.4. The molecule has 0 unspecified atom stereocenters. The summed E-state index contributed by atoms with van der Waals surface area (Å²) < 4.78 is 1.97. The van der Waals surface area contributed by atoms with Gasteiger partial charge in [-0.2, -0.15) is 5.10 Å². The molecule has 1 N–H and O–H groups in total. The highest BCUT2D eigenvalue weighted by Gasteiger charge is 2.53. The third-order valence-electron chi connectivity index (χ3n) is 10.3. The number of aromatic nitrogens is 3. The van der Waals surface area contributed by atoms with Crippen LogP contribution < -0.4 is 5.32 Å². The molecule has 0 aliphatic heterocycles. The molecule has 1 amide bonds. The number of nitrogens with zero attached hydrogens (tertiary/aromatic N) is 3. The summed E-state index contributed by atoms with van der Waals surface area (Å²) in [5, 5.41) is 9.44. The minimum Gasteiger partial charge on any atom is -0.353 e. The van der Waals surface area contributed by atoms with E-state index in [2.05, 4.69) is 65.1 Å². The molecule has 3 aromatic rings. The fourth-order valence-electron chi connectivity index (χ4n) is 8.52. The van der Waals surface area contributed by atoms with E-state index in [1.807, 2.05) is 4.68 Å². The molecule has 4 aliphatic rings. The zero-order chi connectivity index (χ0) is 26.1. The molecule has 1 atom stereocenters. The second kappa shape index (κ2) is 8.96. The molecule has 5 nitrogen and oxygen atoms in total. The number of rotatable bonds is 6. The van der Waals surface area contributed by atoms with Gasteiger partial charge in [-0.15, -0.1) is 0 Å². The molecule has 2 aromatic heterocycles. The predicted octanol–water partition coefficient (Wildman–Crippen LogP) is 6.62. The van der Waals surface area contributed by atoms with Crippen LogP contribution in [0.15, 0.2) is 18.2 Å². The zero-order valence-electron chi connectivity index (χ0n) is 23.4. The lowest BCUT2D eigenvalue weighted by molar-refractivity contribution is -0.125. The first-order valence-corrected chi connectivity index (χ1v) is 14.4. The Morgan fingerprint density at radius 1 is 1.00 bits per heavy atom. The molecule has 4 aliphatic carbocycles. The smallest absolute Gasteiger partial charge is 0.220 e. The van der Waals surface area contributed by atoms with Gasteiger partial charge in [-0.3, -0.25) is 4.79 Å². The van der Waals surface area contributed by atoms with Gasteiger partial charge in [0.05, 0.1) is 11.4 Å². The topological polar surface area (TPSA) is 59.8 Å². The second-order valence-corrected chi connectivity index (χ2v) is 12.8. The molecule has 2 heterocycles. The van der Waals surface area contributed by atoms with Gasteiger partial charge < -0.3 is 5.32 Å². The monoisotopic (exact) mass is 498 g/mol. The number of hydrogen-bond donors (Lipinski definition) is 1. The normalized spacial score (nSPS) is 27.1. The number of pyridine rings is 1. The van der Waals surface area contributed by atoms with Crippen molar-refractivity contribution in [2.24, 2.45) is 23.2 Å². The van der Waals surface area contributed by atoms with Gasteiger partial charge >= 0.3 is 0 Å². The molecular weight excluding hydrogens is 456 g/mol. The zero-order valence-corrected chi connectivity index (χ0v) is 23.4. The van der Waals surface area contributed by atoms with Crippen molar-refractivity contribution in [3.63, 3.8) is 0 Å². The van der Waals surface area contributed by atoms with Gasteiger partial charge in [0.2, 0.25) is 5.91 Å². The molecule has 4 fully saturated rings. The fraction of sp³-hybridized carbons (Fsp3) is 0.594. The maximum absolute atomic E-state index is 13.2. The standard InChI is InChI=1S/C32H42N4O/c1-18-7-8-27(11-19(18)2)36-31-30(22(5)35-36)20(3)28(21(4)33-31)9-10-29(37)34-23(6)32-15-24-12-25(16-32)14-26(13-24)17-32/h7-8,11,23-26H,9-10,12-17H2,1-6H3,(H,34,37)/t23-,24?,25?,26?,32?/m1/s1. The van der Waals surface area contributed by atoms with Gasteiger partial charge in [0.15, 0.2) is 5.65 Å². The molecule has 7 rings (SSSR count). The Labute approximate surface area is 221 Å². The quantitative estimate of drug-likeness (QED) is 0.416. The van der Waals surface area contributed by atoms with Crippen LogP contribution in [0.4, 0.5) is 0 Å². The van der Waals surface area contributed by atoms with Crippen molar-refractivity contribution in [2.75, 3.05) is 0 Å². The number of benzene rings is 1. The Hall–Kier alpha value is -2.69. The van der Waals surface area contributed by atoms with Crippen LogP contribution in [0.1, 0.15) is 85.5 Å². The Morgan fingerprint density at radius 3 is 2.27 bits per heavy atom. The number of aryl methyl sites for hydroxylation is 5. The van der Waals surface area contributed by atoms with Gasteiger partial charge in [-0.1, -0.05) is 6.07 Å². The van der Waals surface area contributed by atoms with Crippen molar-refractivity contribution in [1.29, 1.82) is 0 Å². The molecule has 0 spiro atoms. The molecular formula is C32H42N4O. The van der Waals surface area contributed by atoms with E-state index in [0.29, 0.717) is 18.3 Å². The number of carbonyl (C=O) groups excluding carboxylic acids is 1. The number of amides is 1. The van der Waals surface area contributed by atoms with Crippen LogP contribution in [0, 0.1) is 57.8 Å². The molecule has 5 heteroatoms. The number of carbonyl (C=O) groups is 1. The van der Waals surface area contributed by atoms with Crippen molar-refractivity contribution in [3.8, 4) is 5.69 Å². The van der Waals surface area contributed by atoms with Crippen molar-refractivity contribution in [1.82, 2.24) is 20.1 Å². The average Bonchev–Trinajstić information content (AvgIpc) is 3.15. The Balaban J connectivity index is 1.19. The molecule has 4 bridgehead atoms. The predicted molar refractivity (Wildman–Crippen MR) is 149 cm³/mol. The van der Waals surface area contributed by atoms with Crippen LogP contribution >= 0.6 is 0 Å². The lowest BCUT2D eigenvalue weighted by Crippen LogP contribution is -2.55. The number of fused-ring (bicyclic) bond motifs is 1. The third-order valence-corrected chi connectivity index (χ3v) is 10.3. The molecule has 37 heavy (non-hydrogen) atoms. The Morgan fingerprint density at radius 2 is 1.65 bits per heavy atom. The molecule has 4 saturated carbocycles. The van der Waals surface area contributed by atoms with Gasteiger partial charge in [0.25, 0.3) is 0 Å². The molecule has 1 aromatic carbocycles. The van der Waals surface area contributed by atoms with E-state index in [9.17, 15) is 4.79 Å². The lowest BCUT2D eigenvalue weighted by Gasteiger charge is -2.59. The van der Waals surface area contributed by atoms with Crippen LogP contribution in [0.5, 0.6) is 0 Å². The lowest BCUT2D eigenvalue weighted by atomic mass is 9.48. The van der Waals surface area contributed by atoms with E-state index < -0.39 is 0 Å². The van der Waals surface area contributed by atoms with Gasteiger partial charge in [0, 0.05) is 23.5 Å². The third kappa shape index (κ3) is 4.19. The van der Waals surface area contributed by atoms with E-state index in [0.717, 1.165) is 45.9 Å². The highest BCUT2D eigenvalue weighted by atomic mass is 16.1. The van der Waals surface area contributed by atoms with E-state index in [4.69, 9.17) is 10.1 Å². The minimum atomic E-state index is 0.185. The van der Waals surface area contributed by atoms with E-state index in [1.165, 1.54) is 60.8 Å². The van der Waals surface area contributed by atoms with Crippen LogP contribution in [-0.2, 0) is 11.2 Å². The van der Waals surface area contributed by atoms with Crippen LogP contribution in [-0.4, -0.2) is 26.7 Å². The van der Waals surface area contributed by atoms with E-state index in [-0.39, 0.29) is 11.9 Å². The van der Waals surface area contributed by atoms with E-state index >= 15 is 0 Å². The maximum Gasteiger partial charge on any atom is 0.220 e. The summed E-state index contributed by atoms with van der Waals surface area (Å²) in [7, 11) is 0. The molecule has 0 radical (unpaired) electrons. The maximum atomic E-state index is 13.2. The molecule has 196 valence electrons. The molecule has 0 saturated heterocycles. The second-order valence-electron chi connectivity index (χ2n) is 12.8. The highest BCUT2D eigenvalue weighted by molar-refractivity contribution is 5.85. The fourth-order valence-corrected chi connectivity index (χ4v) is 8.52. The largest absolute Gasteiger partial charge is 0.353 e. The van der Waals surface area contributed by atoms with Crippen molar-refractivity contribution in [3.05, 3.63) is 51.8 Å². The summed E-state index contributed by atoms with van der Waals surface area (Å²) >= 11 is 0. The highest BCUT2D eigenvalue weighted by Crippen LogP contribution is 2.61. The number of nitrogens with one attached hydrogen (secondary N) is 1. The van der Waals surface area contributed by atoms with Gasteiger partial charge in [-0.25, -0.2) is 9.67 Å². The first kappa shape index (κ1) is 24.6. The first-order chi connectivity index (χ1) is 17.6. The summed E-state index contributed by atoms with van der Waals surface area (Å²) in [5.74, 6) is 2.90. The van der Waals surface area contributed by atoms with Crippen molar-refractivity contribution < 1.29 is 4.79 Å². The minimum absolute atomic E-state index is 0.185. The summed E-state index contributed by atoms with van der Waals surface area (Å²) in [6, 6.07) is 6.71. The average molecular weight is 499 g/mol. The Bertz CT molecular complexity index is 1350.